The molecule has 0 amide bonds. The van der Waals surface area contributed by atoms with E-state index < -0.39 is 5.60 Å². The number of hydrogen-bond donors (Lipinski definition) is 1. The fourth-order valence-electron chi connectivity index (χ4n) is 3.94. The van der Waals surface area contributed by atoms with Crippen LogP contribution >= 0.6 is 24.0 Å². The van der Waals surface area contributed by atoms with Crippen LogP contribution in [0.5, 0.6) is 0 Å². The lowest BCUT2D eigenvalue weighted by molar-refractivity contribution is -0.161. The highest BCUT2D eigenvalue weighted by atomic mass is 127. The van der Waals surface area contributed by atoms with E-state index in [9.17, 15) is 9.18 Å². The maximum atomic E-state index is 13.1. The SMILES string of the molecule is CC(C)(C)OC(=O)C1CCC(N=C(N)N2CCN(c3ccc(F)cc3)CC2)CC1.I. The summed E-state index contributed by atoms with van der Waals surface area (Å²) in [6.45, 7) is 8.94. The van der Waals surface area contributed by atoms with Crippen molar-refractivity contribution in [2.45, 2.75) is 58.1 Å². The van der Waals surface area contributed by atoms with Gasteiger partial charge < -0.3 is 20.3 Å². The van der Waals surface area contributed by atoms with Crippen LogP contribution in [0.15, 0.2) is 29.3 Å². The lowest BCUT2D eigenvalue weighted by Gasteiger charge is -2.37. The Balaban J connectivity index is 0.00000320. The highest BCUT2D eigenvalue weighted by Crippen LogP contribution is 2.28. The fraction of sp³-hybridized carbons (Fsp3) is 0.636. The Bertz CT molecular complexity index is 720. The summed E-state index contributed by atoms with van der Waals surface area (Å²) >= 11 is 0. The number of ether oxygens (including phenoxy) is 1. The molecule has 1 heterocycles. The van der Waals surface area contributed by atoms with E-state index >= 15 is 0 Å². The van der Waals surface area contributed by atoms with E-state index in [1.165, 1.54) is 12.1 Å². The standard InChI is InChI=1S/C22H33FN4O2.HI/c1-22(2,3)29-20(28)16-4-8-18(9-5-16)25-21(24)27-14-12-26(13-15-27)19-10-6-17(23)7-11-19;/h6-7,10-11,16,18H,4-5,8-9,12-15H2,1-3H3,(H2,24,25);1H. The maximum absolute atomic E-state index is 13.1. The second-order valence-electron chi connectivity index (χ2n) is 8.98. The minimum atomic E-state index is -0.438. The molecule has 2 fully saturated rings. The average molecular weight is 532 g/mol. The molecule has 1 aliphatic heterocycles. The van der Waals surface area contributed by atoms with Crippen LogP contribution in [0, 0.1) is 11.7 Å². The van der Waals surface area contributed by atoms with Crippen LogP contribution in [0.4, 0.5) is 10.1 Å². The van der Waals surface area contributed by atoms with Crippen LogP contribution in [0.25, 0.3) is 0 Å². The van der Waals surface area contributed by atoms with Crippen LogP contribution in [0.3, 0.4) is 0 Å². The highest BCUT2D eigenvalue weighted by Gasteiger charge is 2.30. The number of hydrogen-bond acceptors (Lipinski definition) is 4. The highest BCUT2D eigenvalue weighted by molar-refractivity contribution is 14.0. The summed E-state index contributed by atoms with van der Waals surface area (Å²) in [4.78, 5) is 21.3. The van der Waals surface area contributed by atoms with Crippen molar-refractivity contribution in [3.63, 3.8) is 0 Å². The monoisotopic (exact) mass is 532 g/mol. The van der Waals surface area contributed by atoms with Crippen molar-refractivity contribution in [3.05, 3.63) is 30.1 Å². The van der Waals surface area contributed by atoms with Gasteiger partial charge in [-0.2, -0.15) is 0 Å². The molecular formula is C22H34FIN4O2. The Morgan fingerprint density at radius 2 is 1.63 bits per heavy atom. The number of carbonyl (C=O) groups excluding carboxylic acids is 1. The lowest BCUT2D eigenvalue weighted by atomic mass is 9.86. The Morgan fingerprint density at radius 1 is 1.07 bits per heavy atom. The molecule has 1 saturated carbocycles. The van der Waals surface area contributed by atoms with Gasteiger partial charge in [-0.25, -0.2) is 9.38 Å². The molecule has 0 aromatic heterocycles. The van der Waals surface area contributed by atoms with Crippen molar-refractivity contribution in [3.8, 4) is 0 Å². The van der Waals surface area contributed by atoms with Crippen LogP contribution in [0.1, 0.15) is 46.5 Å². The molecule has 3 rings (SSSR count). The lowest BCUT2D eigenvalue weighted by Crippen LogP contribution is -2.51. The fourth-order valence-corrected chi connectivity index (χ4v) is 3.94. The molecule has 0 atom stereocenters. The number of carbonyl (C=O) groups is 1. The van der Waals surface area contributed by atoms with Gasteiger partial charge in [0.1, 0.15) is 11.4 Å². The van der Waals surface area contributed by atoms with Crippen LogP contribution < -0.4 is 10.6 Å². The van der Waals surface area contributed by atoms with E-state index in [2.05, 4.69) is 9.80 Å². The van der Waals surface area contributed by atoms with Gasteiger partial charge in [0.05, 0.1) is 12.0 Å². The molecule has 1 aromatic carbocycles. The Morgan fingerprint density at radius 3 is 2.17 bits per heavy atom. The Hall–Kier alpha value is -1.58. The third kappa shape index (κ3) is 6.99. The number of anilines is 1. The molecule has 0 unspecified atom stereocenters. The van der Waals surface area contributed by atoms with Gasteiger partial charge in [0.25, 0.3) is 0 Å². The number of benzene rings is 1. The predicted octanol–water partition coefficient (Wildman–Crippen LogP) is 3.78. The van der Waals surface area contributed by atoms with Gasteiger partial charge >= 0.3 is 5.97 Å². The third-order valence-electron chi connectivity index (χ3n) is 5.55. The quantitative estimate of drug-likeness (QED) is 0.278. The van der Waals surface area contributed by atoms with Gasteiger partial charge in [0.15, 0.2) is 5.96 Å². The number of nitrogens with zero attached hydrogens (tertiary/aromatic N) is 3. The molecule has 6 nitrogen and oxygen atoms in total. The van der Waals surface area contributed by atoms with Crippen LogP contribution in [-0.2, 0) is 9.53 Å². The number of esters is 1. The van der Waals surface area contributed by atoms with Crippen LogP contribution in [-0.4, -0.2) is 54.7 Å². The smallest absolute Gasteiger partial charge is 0.309 e. The summed E-state index contributed by atoms with van der Waals surface area (Å²) in [5, 5.41) is 0. The zero-order valence-electron chi connectivity index (χ0n) is 18.1. The van der Waals surface area contributed by atoms with Gasteiger partial charge in [-0.15, -0.1) is 24.0 Å². The molecule has 1 aliphatic carbocycles. The van der Waals surface area contributed by atoms with Crippen molar-refractivity contribution < 1.29 is 13.9 Å². The molecular weight excluding hydrogens is 498 g/mol. The van der Waals surface area contributed by atoms with E-state index in [-0.39, 0.29) is 47.7 Å². The zero-order chi connectivity index (χ0) is 21.0. The second-order valence-corrected chi connectivity index (χ2v) is 8.98. The number of rotatable bonds is 3. The molecule has 168 valence electrons. The van der Waals surface area contributed by atoms with Gasteiger partial charge in [0, 0.05) is 31.9 Å². The zero-order valence-corrected chi connectivity index (χ0v) is 20.5. The average Bonchev–Trinajstić information content (AvgIpc) is 2.68. The molecule has 0 radical (unpaired) electrons. The van der Waals surface area contributed by atoms with E-state index in [4.69, 9.17) is 15.5 Å². The summed E-state index contributed by atoms with van der Waals surface area (Å²) in [7, 11) is 0. The molecule has 1 saturated heterocycles. The number of aliphatic imine (C=N–C) groups is 1. The van der Waals surface area contributed by atoms with Gasteiger partial charge in [-0.05, 0) is 70.7 Å². The van der Waals surface area contributed by atoms with E-state index in [1.807, 2.05) is 32.9 Å². The molecule has 2 aliphatic rings. The first-order valence-corrected chi connectivity index (χ1v) is 10.5. The third-order valence-corrected chi connectivity index (χ3v) is 5.55. The normalized spacial score (nSPS) is 23.0. The van der Waals surface area contributed by atoms with E-state index in [0.29, 0.717) is 5.96 Å². The minimum absolute atomic E-state index is 0. The van der Waals surface area contributed by atoms with Gasteiger partial charge in [-0.1, -0.05) is 0 Å². The van der Waals surface area contributed by atoms with Crippen molar-refractivity contribution in [1.29, 1.82) is 0 Å². The van der Waals surface area contributed by atoms with Crippen molar-refractivity contribution in [2.75, 3.05) is 31.1 Å². The first-order valence-electron chi connectivity index (χ1n) is 10.5. The molecule has 8 heteroatoms. The molecule has 30 heavy (non-hydrogen) atoms. The van der Waals surface area contributed by atoms with Gasteiger partial charge in [-0.3, -0.25) is 4.79 Å². The number of halogens is 2. The number of guanidine groups is 1. The maximum Gasteiger partial charge on any atom is 0.309 e. The van der Waals surface area contributed by atoms with Crippen molar-refractivity contribution in [2.24, 2.45) is 16.6 Å². The van der Waals surface area contributed by atoms with Crippen LogP contribution in [0.2, 0.25) is 0 Å². The molecule has 2 N–H and O–H groups in total. The summed E-state index contributed by atoms with van der Waals surface area (Å²) in [5.41, 5.74) is 6.87. The summed E-state index contributed by atoms with van der Waals surface area (Å²) < 4.78 is 18.6. The predicted molar refractivity (Wildman–Crippen MR) is 129 cm³/mol. The number of nitrogens with two attached hydrogens (primary N) is 1. The summed E-state index contributed by atoms with van der Waals surface area (Å²) in [6.07, 6.45) is 3.32. The van der Waals surface area contributed by atoms with Crippen molar-refractivity contribution >= 4 is 41.6 Å². The van der Waals surface area contributed by atoms with E-state index in [0.717, 1.165) is 57.5 Å². The molecule has 0 bridgehead atoms. The summed E-state index contributed by atoms with van der Waals surface area (Å²) in [5.74, 6) is 0.251. The topological polar surface area (TPSA) is 71.2 Å². The first-order chi connectivity index (χ1) is 13.7. The largest absolute Gasteiger partial charge is 0.460 e. The first kappa shape index (κ1) is 24.7. The second kappa shape index (κ2) is 10.6. The minimum Gasteiger partial charge on any atom is -0.460 e. The molecule has 1 aromatic rings. The Labute approximate surface area is 196 Å². The van der Waals surface area contributed by atoms with Crippen molar-refractivity contribution in [1.82, 2.24) is 4.90 Å². The van der Waals surface area contributed by atoms with E-state index in [1.54, 1.807) is 0 Å². The number of piperazine rings is 1. The Kier molecular flexibility index (Phi) is 8.75. The van der Waals surface area contributed by atoms with Gasteiger partial charge in [0.2, 0.25) is 0 Å². The molecule has 0 spiro atoms. The summed E-state index contributed by atoms with van der Waals surface area (Å²) in [6, 6.07) is 6.77.